The molecule has 0 heterocycles. The first-order valence-corrected chi connectivity index (χ1v) is 22.4. The normalized spacial score (nSPS) is 12.8. The molecule has 6 heteroatoms. The van der Waals surface area contributed by atoms with Crippen LogP contribution in [0, 0.1) is 0 Å². The minimum atomic E-state index is -0.673. The van der Waals surface area contributed by atoms with Crippen LogP contribution in [0.15, 0.2) is 12.2 Å². The minimum Gasteiger partial charge on any atom is -0.466 e. The maximum Gasteiger partial charge on any atom is 0.305 e. The van der Waals surface area contributed by atoms with Crippen molar-refractivity contribution in [1.29, 1.82) is 0 Å². The Hall–Kier alpha value is -1.40. The van der Waals surface area contributed by atoms with E-state index >= 15 is 0 Å². The molecule has 0 aliphatic rings. The van der Waals surface area contributed by atoms with Crippen molar-refractivity contribution < 1.29 is 24.5 Å². The number of rotatable bonds is 41. The molecule has 51 heavy (non-hydrogen) atoms. The standard InChI is InChI=1S/C45H87NO5/c1-3-5-7-9-11-13-15-16-19-23-27-31-35-39-45(50)51-40-36-32-28-24-20-17-18-22-26-30-34-38-44(49)46-42(41-47)43(48)37-33-29-25-21-14-12-10-8-6-4-2/h13,15,42-43,47-48H,3-12,14,16-41H2,1-2H3,(H,46,49)/b15-13-. The third kappa shape index (κ3) is 38.1. The van der Waals surface area contributed by atoms with Gasteiger partial charge in [0.1, 0.15) is 0 Å². The molecule has 302 valence electrons. The van der Waals surface area contributed by atoms with Crippen LogP contribution in [-0.2, 0) is 14.3 Å². The number of unbranched alkanes of at least 4 members (excludes halogenated alkanes) is 28. The Morgan fingerprint density at radius 3 is 1.41 bits per heavy atom. The smallest absolute Gasteiger partial charge is 0.305 e. The summed E-state index contributed by atoms with van der Waals surface area (Å²) in [6.07, 6.45) is 44.5. The summed E-state index contributed by atoms with van der Waals surface area (Å²) in [5, 5.41) is 23.0. The summed E-state index contributed by atoms with van der Waals surface area (Å²) in [6.45, 7) is 4.87. The Morgan fingerprint density at radius 1 is 0.529 bits per heavy atom. The highest BCUT2D eigenvalue weighted by atomic mass is 16.5. The fraction of sp³-hybridized carbons (Fsp3) is 0.911. The zero-order chi connectivity index (χ0) is 37.3. The van der Waals surface area contributed by atoms with E-state index in [4.69, 9.17) is 4.74 Å². The summed E-state index contributed by atoms with van der Waals surface area (Å²) in [5.41, 5.74) is 0. The van der Waals surface area contributed by atoms with Crippen molar-refractivity contribution in [3.8, 4) is 0 Å². The Kier molecular flexibility index (Phi) is 40.2. The molecule has 0 radical (unpaired) electrons. The Labute approximate surface area is 317 Å². The Bertz CT molecular complexity index is 757. The number of carbonyl (C=O) groups excluding carboxylic acids is 2. The number of ether oxygens (including phenoxy) is 1. The summed E-state index contributed by atoms with van der Waals surface area (Å²) in [5.74, 6) is -0.0800. The summed E-state index contributed by atoms with van der Waals surface area (Å²) in [4.78, 5) is 24.3. The highest BCUT2D eigenvalue weighted by Crippen LogP contribution is 2.15. The molecule has 0 fully saturated rings. The number of nitrogens with one attached hydrogen (secondary N) is 1. The predicted octanol–water partition coefficient (Wildman–Crippen LogP) is 12.6. The first-order chi connectivity index (χ1) is 25.0. The highest BCUT2D eigenvalue weighted by molar-refractivity contribution is 5.76. The predicted molar refractivity (Wildman–Crippen MR) is 218 cm³/mol. The first kappa shape index (κ1) is 49.6. The second kappa shape index (κ2) is 41.4. The van der Waals surface area contributed by atoms with Gasteiger partial charge in [-0.1, -0.05) is 187 Å². The largest absolute Gasteiger partial charge is 0.466 e. The molecule has 0 saturated heterocycles. The van der Waals surface area contributed by atoms with Crippen LogP contribution in [0.3, 0.4) is 0 Å². The molecular weight excluding hydrogens is 634 g/mol. The van der Waals surface area contributed by atoms with Crippen LogP contribution >= 0.6 is 0 Å². The van der Waals surface area contributed by atoms with Gasteiger partial charge in [0, 0.05) is 12.8 Å². The van der Waals surface area contributed by atoms with E-state index in [1.165, 1.54) is 148 Å². The second-order valence-electron chi connectivity index (χ2n) is 15.4. The lowest BCUT2D eigenvalue weighted by Crippen LogP contribution is -2.45. The van der Waals surface area contributed by atoms with Gasteiger partial charge in [-0.25, -0.2) is 0 Å². The van der Waals surface area contributed by atoms with Crippen LogP contribution in [0.2, 0.25) is 0 Å². The van der Waals surface area contributed by atoms with Gasteiger partial charge in [-0.15, -0.1) is 0 Å². The van der Waals surface area contributed by atoms with Gasteiger partial charge in [-0.3, -0.25) is 9.59 Å². The van der Waals surface area contributed by atoms with Crippen molar-refractivity contribution in [1.82, 2.24) is 5.32 Å². The molecule has 0 spiro atoms. The molecule has 0 aromatic rings. The van der Waals surface area contributed by atoms with Crippen molar-refractivity contribution in [2.24, 2.45) is 0 Å². The number of esters is 1. The maximum absolute atomic E-state index is 12.4. The number of carbonyl (C=O) groups is 2. The summed E-state index contributed by atoms with van der Waals surface area (Å²) < 4.78 is 5.43. The number of hydrogen-bond donors (Lipinski definition) is 3. The zero-order valence-electron chi connectivity index (χ0n) is 34.1. The van der Waals surface area contributed by atoms with E-state index in [1.807, 2.05) is 0 Å². The minimum absolute atomic E-state index is 0.0235. The van der Waals surface area contributed by atoms with Gasteiger partial charge < -0.3 is 20.3 Å². The van der Waals surface area contributed by atoms with Crippen molar-refractivity contribution in [2.45, 2.75) is 251 Å². The van der Waals surface area contributed by atoms with Crippen LogP contribution < -0.4 is 5.32 Å². The van der Waals surface area contributed by atoms with Gasteiger partial charge in [-0.2, -0.15) is 0 Å². The van der Waals surface area contributed by atoms with E-state index in [9.17, 15) is 19.8 Å². The van der Waals surface area contributed by atoms with Crippen molar-refractivity contribution in [3.63, 3.8) is 0 Å². The van der Waals surface area contributed by atoms with E-state index in [1.54, 1.807) is 0 Å². The molecule has 3 N–H and O–H groups in total. The average Bonchev–Trinajstić information content (AvgIpc) is 3.13. The Morgan fingerprint density at radius 2 is 0.922 bits per heavy atom. The average molecular weight is 722 g/mol. The third-order valence-corrected chi connectivity index (χ3v) is 10.3. The summed E-state index contributed by atoms with van der Waals surface area (Å²) in [6, 6.07) is -0.552. The summed E-state index contributed by atoms with van der Waals surface area (Å²) >= 11 is 0. The van der Waals surface area contributed by atoms with Crippen molar-refractivity contribution in [3.05, 3.63) is 12.2 Å². The number of aliphatic hydroxyl groups is 2. The number of hydrogen-bond acceptors (Lipinski definition) is 5. The van der Waals surface area contributed by atoms with Gasteiger partial charge in [0.15, 0.2) is 0 Å². The molecule has 0 bridgehead atoms. The van der Waals surface area contributed by atoms with Gasteiger partial charge in [0.05, 0.1) is 25.4 Å². The van der Waals surface area contributed by atoms with Crippen LogP contribution in [0.5, 0.6) is 0 Å². The quantitative estimate of drug-likeness (QED) is 0.0332. The maximum atomic E-state index is 12.4. The van der Waals surface area contributed by atoms with Crippen LogP contribution in [0.25, 0.3) is 0 Å². The molecule has 2 unspecified atom stereocenters. The fourth-order valence-corrected chi connectivity index (χ4v) is 6.81. The molecule has 0 rings (SSSR count). The number of amides is 1. The van der Waals surface area contributed by atoms with Gasteiger partial charge in [-0.05, 0) is 51.4 Å². The topological polar surface area (TPSA) is 95.9 Å². The Balaban J connectivity index is 3.47. The summed E-state index contributed by atoms with van der Waals surface area (Å²) in [7, 11) is 0. The lowest BCUT2D eigenvalue weighted by atomic mass is 10.0. The number of allylic oxidation sites excluding steroid dienone is 2. The van der Waals surface area contributed by atoms with E-state index < -0.39 is 12.1 Å². The van der Waals surface area contributed by atoms with E-state index in [2.05, 4.69) is 31.3 Å². The highest BCUT2D eigenvalue weighted by Gasteiger charge is 2.20. The molecule has 1 amide bonds. The monoisotopic (exact) mass is 722 g/mol. The molecule has 0 aliphatic carbocycles. The second-order valence-corrected chi connectivity index (χ2v) is 15.4. The molecule has 2 atom stereocenters. The SMILES string of the molecule is CCCCCC/C=C\CCCCCCCC(=O)OCCCCCCCCCCCCCC(=O)NC(CO)C(O)CCCCCCCCCCCC. The molecular formula is C45H87NO5. The molecule has 0 aromatic carbocycles. The van der Waals surface area contributed by atoms with Gasteiger partial charge in [0.2, 0.25) is 5.91 Å². The lowest BCUT2D eigenvalue weighted by molar-refractivity contribution is -0.143. The van der Waals surface area contributed by atoms with Crippen molar-refractivity contribution in [2.75, 3.05) is 13.2 Å². The molecule has 6 nitrogen and oxygen atoms in total. The number of aliphatic hydroxyl groups excluding tert-OH is 2. The van der Waals surface area contributed by atoms with Crippen molar-refractivity contribution >= 4 is 11.9 Å². The van der Waals surface area contributed by atoms with Crippen LogP contribution in [0.1, 0.15) is 239 Å². The van der Waals surface area contributed by atoms with Gasteiger partial charge in [0.25, 0.3) is 0 Å². The van der Waals surface area contributed by atoms with Gasteiger partial charge >= 0.3 is 5.97 Å². The van der Waals surface area contributed by atoms with E-state index in [-0.39, 0.29) is 18.5 Å². The van der Waals surface area contributed by atoms with Crippen LogP contribution in [0.4, 0.5) is 0 Å². The fourth-order valence-electron chi connectivity index (χ4n) is 6.81. The van der Waals surface area contributed by atoms with E-state index in [0.29, 0.717) is 25.9 Å². The van der Waals surface area contributed by atoms with E-state index in [0.717, 1.165) is 57.8 Å². The van der Waals surface area contributed by atoms with Crippen LogP contribution in [-0.4, -0.2) is 47.4 Å². The third-order valence-electron chi connectivity index (χ3n) is 10.3. The zero-order valence-corrected chi connectivity index (χ0v) is 34.1. The molecule has 0 aliphatic heterocycles. The lowest BCUT2D eigenvalue weighted by Gasteiger charge is -2.22. The molecule has 0 saturated carbocycles. The first-order valence-electron chi connectivity index (χ1n) is 22.4. The molecule has 0 aromatic heterocycles.